The molecule has 10 heteroatoms. The summed E-state index contributed by atoms with van der Waals surface area (Å²) in [5.74, 6) is -4.03. The summed E-state index contributed by atoms with van der Waals surface area (Å²) in [5, 5.41) is 8.85. The van der Waals surface area contributed by atoms with Crippen molar-refractivity contribution in [3.05, 3.63) is 29.1 Å². The van der Waals surface area contributed by atoms with Gasteiger partial charge in [0.25, 0.3) is 5.91 Å². The van der Waals surface area contributed by atoms with Crippen molar-refractivity contribution in [2.75, 3.05) is 20.2 Å². The number of aromatic carboxylic acids is 1. The first kappa shape index (κ1) is 17.2. The lowest BCUT2D eigenvalue weighted by Gasteiger charge is -2.17. The Labute approximate surface area is 132 Å². The van der Waals surface area contributed by atoms with Gasteiger partial charge >= 0.3 is 16.2 Å². The van der Waals surface area contributed by atoms with Crippen LogP contribution in [0.4, 0.5) is 4.39 Å². The number of carbonyl (C=O) groups is 2. The zero-order chi connectivity index (χ0) is 17.2. The number of hydrogen-bond donors (Lipinski definition) is 2. The van der Waals surface area contributed by atoms with Gasteiger partial charge in [0.15, 0.2) is 0 Å². The van der Waals surface area contributed by atoms with Gasteiger partial charge in [-0.25, -0.2) is 13.9 Å². The van der Waals surface area contributed by atoms with Crippen molar-refractivity contribution >= 4 is 22.1 Å². The van der Waals surface area contributed by atoms with Crippen LogP contribution in [0.1, 0.15) is 33.6 Å². The average molecular weight is 346 g/mol. The fourth-order valence-corrected chi connectivity index (χ4v) is 3.44. The van der Waals surface area contributed by atoms with Gasteiger partial charge < -0.3 is 9.84 Å². The highest BCUT2D eigenvalue weighted by atomic mass is 32.2. The monoisotopic (exact) mass is 346 g/mol. The Morgan fingerprint density at radius 2 is 1.87 bits per heavy atom. The Morgan fingerprint density at radius 3 is 2.39 bits per heavy atom. The van der Waals surface area contributed by atoms with Crippen LogP contribution in [-0.4, -0.2) is 49.9 Å². The maximum Gasteiger partial charge on any atom is 0.338 e. The van der Waals surface area contributed by atoms with Gasteiger partial charge in [0.05, 0.1) is 18.2 Å². The zero-order valence-corrected chi connectivity index (χ0v) is 13.0. The molecule has 126 valence electrons. The first-order valence-electron chi connectivity index (χ1n) is 6.69. The van der Waals surface area contributed by atoms with Gasteiger partial charge in [-0.1, -0.05) is 0 Å². The quantitative estimate of drug-likeness (QED) is 0.807. The van der Waals surface area contributed by atoms with Crippen LogP contribution >= 0.6 is 0 Å². The number of ether oxygens (including phenoxy) is 1. The maximum absolute atomic E-state index is 13.7. The van der Waals surface area contributed by atoms with Crippen LogP contribution in [-0.2, 0) is 10.2 Å². The number of carbonyl (C=O) groups excluding carboxylic acids is 1. The maximum atomic E-state index is 13.7. The van der Waals surface area contributed by atoms with Crippen LogP contribution in [0.2, 0.25) is 0 Å². The SMILES string of the molecule is COc1cc(C(=O)O)c(F)cc1C(=O)NS(=O)(=O)N1CCCC1. The minimum atomic E-state index is -4.03. The molecular formula is C13H15FN2O6S. The Morgan fingerprint density at radius 1 is 1.26 bits per heavy atom. The van der Waals surface area contributed by atoms with Gasteiger partial charge in [-0.15, -0.1) is 0 Å². The molecule has 0 radical (unpaired) electrons. The number of hydrogen-bond acceptors (Lipinski definition) is 5. The van der Waals surface area contributed by atoms with Crippen molar-refractivity contribution in [3.63, 3.8) is 0 Å². The van der Waals surface area contributed by atoms with Crippen LogP contribution in [0.5, 0.6) is 5.75 Å². The molecule has 1 saturated heterocycles. The molecule has 0 unspecified atom stereocenters. The smallest absolute Gasteiger partial charge is 0.338 e. The first-order valence-corrected chi connectivity index (χ1v) is 8.13. The van der Waals surface area contributed by atoms with E-state index in [1.807, 2.05) is 4.72 Å². The minimum absolute atomic E-state index is 0.238. The summed E-state index contributed by atoms with van der Waals surface area (Å²) in [6, 6.07) is 1.46. The lowest BCUT2D eigenvalue weighted by Crippen LogP contribution is -2.42. The van der Waals surface area contributed by atoms with Crippen molar-refractivity contribution in [2.24, 2.45) is 0 Å². The summed E-state index contributed by atoms with van der Waals surface area (Å²) < 4.78 is 45.6. The Hall–Kier alpha value is -2.20. The molecule has 0 atom stereocenters. The first-order chi connectivity index (χ1) is 10.8. The van der Waals surface area contributed by atoms with Crippen molar-refractivity contribution in [2.45, 2.75) is 12.8 Å². The normalized spacial score (nSPS) is 15.4. The van der Waals surface area contributed by atoms with Crippen molar-refractivity contribution in [3.8, 4) is 5.75 Å². The van der Waals surface area contributed by atoms with E-state index in [0.717, 1.165) is 17.5 Å². The number of nitrogens with zero attached hydrogens (tertiary/aromatic N) is 1. The summed E-state index contributed by atoms with van der Waals surface area (Å²) in [5.41, 5.74) is -1.08. The molecule has 0 aliphatic carbocycles. The van der Waals surface area contributed by atoms with Crippen LogP contribution in [0.3, 0.4) is 0 Å². The predicted molar refractivity (Wildman–Crippen MR) is 77.1 cm³/mol. The number of rotatable bonds is 5. The molecule has 0 saturated carbocycles. The second kappa shape index (κ2) is 6.50. The molecule has 23 heavy (non-hydrogen) atoms. The second-order valence-electron chi connectivity index (χ2n) is 4.88. The lowest BCUT2D eigenvalue weighted by atomic mass is 10.1. The summed E-state index contributed by atoms with van der Waals surface area (Å²) in [4.78, 5) is 23.0. The van der Waals surface area contributed by atoms with Crippen LogP contribution in [0, 0.1) is 5.82 Å². The molecule has 2 N–H and O–H groups in total. The van der Waals surface area contributed by atoms with E-state index in [-0.39, 0.29) is 5.75 Å². The Bertz CT molecular complexity index is 743. The number of halogens is 1. The summed E-state index contributed by atoms with van der Waals surface area (Å²) in [6.45, 7) is 0.595. The highest BCUT2D eigenvalue weighted by Crippen LogP contribution is 2.24. The highest BCUT2D eigenvalue weighted by molar-refractivity contribution is 7.87. The predicted octanol–water partition coefficient (Wildman–Crippen LogP) is 0.603. The molecule has 1 aliphatic heterocycles. The molecule has 1 heterocycles. The number of carboxylic acid groups (broad SMARTS) is 1. The van der Waals surface area contributed by atoms with E-state index < -0.39 is 39.0 Å². The van der Waals surface area contributed by atoms with E-state index >= 15 is 0 Å². The van der Waals surface area contributed by atoms with Gasteiger partial charge in [-0.2, -0.15) is 12.7 Å². The van der Waals surface area contributed by atoms with E-state index in [1.54, 1.807) is 0 Å². The zero-order valence-electron chi connectivity index (χ0n) is 12.2. The molecule has 1 aromatic rings. The van der Waals surface area contributed by atoms with E-state index in [4.69, 9.17) is 9.84 Å². The molecule has 2 rings (SSSR count). The van der Waals surface area contributed by atoms with E-state index in [1.165, 1.54) is 0 Å². The number of amides is 1. The van der Waals surface area contributed by atoms with Crippen molar-refractivity contribution < 1.29 is 32.2 Å². The van der Waals surface area contributed by atoms with Gasteiger partial charge in [0.2, 0.25) is 0 Å². The van der Waals surface area contributed by atoms with Gasteiger partial charge in [0, 0.05) is 13.1 Å². The third-order valence-corrected chi connectivity index (χ3v) is 4.88. The van der Waals surface area contributed by atoms with Crippen LogP contribution < -0.4 is 9.46 Å². The lowest BCUT2D eigenvalue weighted by molar-refractivity contribution is 0.0690. The molecule has 0 aromatic heterocycles. The number of nitrogens with one attached hydrogen (secondary N) is 1. The minimum Gasteiger partial charge on any atom is -0.496 e. The molecule has 0 bridgehead atoms. The third-order valence-electron chi connectivity index (χ3n) is 3.39. The van der Waals surface area contributed by atoms with E-state index in [0.29, 0.717) is 32.0 Å². The molecule has 1 amide bonds. The molecular weight excluding hydrogens is 331 g/mol. The van der Waals surface area contributed by atoms with Gasteiger partial charge in [-0.05, 0) is 25.0 Å². The topological polar surface area (TPSA) is 113 Å². The average Bonchev–Trinajstić information content (AvgIpc) is 3.01. The fraction of sp³-hybridized carbons (Fsp3) is 0.385. The fourth-order valence-electron chi connectivity index (χ4n) is 2.23. The number of methoxy groups -OCH3 is 1. The molecule has 1 aromatic carbocycles. The molecule has 0 spiro atoms. The van der Waals surface area contributed by atoms with Gasteiger partial charge in [-0.3, -0.25) is 4.79 Å². The van der Waals surface area contributed by atoms with E-state index in [2.05, 4.69) is 0 Å². The van der Waals surface area contributed by atoms with Gasteiger partial charge in [0.1, 0.15) is 11.6 Å². The number of benzene rings is 1. The van der Waals surface area contributed by atoms with Crippen molar-refractivity contribution in [1.82, 2.24) is 9.03 Å². The molecule has 1 fully saturated rings. The third kappa shape index (κ3) is 3.59. The van der Waals surface area contributed by atoms with E-state index in [9.17, 15) is 22.4 Å². The Balaban J connectivity index is 2.32. The largest absolute Gasteiger partial charge is 0.496 e. The molecule has 8 nitrogen and oxygen atoms in total. The Kier molecular flexibility index (Phi) is 4.85. The van der Waals surface area contributed by atoms with Crippen LogP contribution in [0.15, 0.2) is 12.1 Å². The van der Waals surface area contributed by atoms with Crippen molar-refractivity contribution in [1.29, 1.82) is 0 Å². The highest BCUT2D eigenvalue weighted by Gasteiger charge is 2.29. The summed E-state index contributed by atoms with van der Waals surface area (Å²) >= 11 is 0. The number of carboxylic acids is 1. The van der Waals surface area contributed by atoms with Crippen LogP contribution in [0.25, 0.3) is 0 Å². The standard InChI is InChI=1S/C13H15FN2O6S/c1-22-11-7-8(13(18)19)10(14)6-9(11)12(17)15-23(20,21)16-4-2-3-5-16/h6-7H,2-5H2,1H3,(H,15,17)(H,18,19). The molecule has 1 aliphatic rings. The summed E-state index contributed by atoms with van der Waals surface area (Å²) in [7, 11) is -2.87. The second-order valence-corrected chi connectivity index (χ2v) is 6.55. The summed E-state index contributed by atoms with van der Waals surface area (Å²) in [6.07, 6.45) is 1.39.